The van der Waals surface area contributed by atoms with Crippen molar-refractivity contribution >= 4 is 5.96 Å². The van der Waals surface area contributed by atoms with Crippen molar-refractivity contribution < 1.29 is 0 Å². The molecule has 24 heavy (non-hydrogen) atoms. The van der Waals surface area contributed by atoms with Crippen LogP contribution in [-0.4, -0.2) is 73.2 Å². The van der Waals surface area contributed by atoms with Crippen LogP contribution in [0.3, 0.4) is 0 Å². The van der Waals surface area contributed by atoms with Gasteiger partial charge < -0.3 is 10.6 Å². The fourth-order valence-electron chi connectivity index (χ4n) is 3.89. The van der Waals surface area contributed by atoms with Gasteiger partial charge in [-0.25, -0.2) is 0 Å². The summed E-state index contributed by atoms with van der Waals surface area (Å²) in [6.45, 7) is 17.8. The molecule has 0 bridgehead atoms. The van der Waals surface area contributed by atoms with Gasteiger partial charge in [0, 0.05) is 44.3 Å². The lowest BCUT2D eigenvalue weighted by molar-refractivity contribution is 0.166. The largest absolute Gasteiger partial charge is 0.357 e. The standard InChI is InChI=1S/C19H39N5/c1-6-20-19(21-10-12-23-11-8-7-9-17(23)5)22-18-14-24(15(2)3)13-16(18)4/h15-18H,6-14H2,1-5H3,(H2,20,21,22). The summed E-state index contributed by atoms with van der Waals surface area (Å²) in [5.74, 6) is 1.66. The molecule has 2 fully saturated rings. The van der Waals surface area contributed by atoms with Crippen molar-refractivity contribution in [2.24, 2.45) is 10.9 Å². The second-order valence-electron chi connectivity index (χ2n) is 7.92. The first-order valence-electron chi connectivity index (χ1n) is 10.0. The van der Waals surface area contributed by atoms with E-state index in [1.54, 1.807) is 0 Å². The first-order chi connectivity index (χ1) is 11.5. The number of aliphatic imine (C=N–C) groups is 1. The molecule has 0 spiro atoms. The molecule has 2 aliphatic rings. The normalized spacial score (nSPS) is 30.1. The third-order valence-electron chi connectivity index (χ3n) is 5.63. The minimum Gasteiger partial charge on any atom is -0.357 e. The fraction of sp³-hybridized carbons (Fsp3) is 0.947. The van der Waals surface area contributed by atoms with Crippen LogP contribution >= 0.6 is 0 Å². The summed E-state index contributed by atoms with van der Waals surface area (Å²) in [6, 6.07) is 1.84. The van der Waals surface area contributed by atoms with Gasteiger partial charge in [0.15, 0.2) is 5.96 Å². The van der Waals surface area contributed by atoms with Gasteiger partial charge in [0.1, 0.15) is 0 Å². The van der Waals surface area contributed by atoms with Gasteiger partial charge in [-0.3, -0.25) is 14.8 Å². The topological polar surface area (TPSA) is 42.9 Å². The van der Waals surface area contributed by atoms with Crippen molar-refractivity contribution in [2.45, 2.75) is 72.0 Å². The van der Waals surface area contributed by atoms with Crippen LogP contribution in [0.15, 0.2) is 4.99 Å². The molecule has 0 aromatic heterocycles. The monoisotopic (exact) mass is 337 g/mol. The number of guanidine groups is 1. The minimum atomic E-state index is 0.499. The molecule has 2 rings (SSSR count). The Kier molecular flexibility index (Phi) is 7.82. The van der Waals surface area contributed by atoms with E-state index < -0.39 is 0 Å². The quantitative estimate of drug-likeness (QED) is 0.576. The number of likely N-dealkylation sites (tertiary alicyclic amines) is 2. The zero-order chi connectivity index (χ0) is 17.5. The van der Waals surface area contributed by atoms with Crippen molar-refractivity contribution in [3.63, 3.8) is 0 Å². The Labute approximate surface area is 149 Å². The van der Waals surface area contributed by atoms with Gasteiger partial charge in [-0.2, -0.15) is 0 Å². The maximum Gasteiger partial charge on any atom is 0.191 e. The Hall–Kier alpha value is -0.810. The Balaban J connectivity index is 1.84. The van der Waals surface area contributed by atoms with Crippen LogP contribution in [-0.2, 0) is 0 Å². The predicted molar refractivity (Wildman–Crippen MR) is 104 cm³/mol. The third kappa shape index (κ3) is 5.62. The molecule has 0 saturated carbocycles. The zero-order valence-corrected chi connectivity index (χ0v) is 16.5. The van der Waals surface area contributed by atoms with Crippen LogP contribution in [0.1, 0.15) is 53.9 Å². The third-order valence-corrected chi connectivity index (χ3v) is 5.63. The summed E-state index contributed by atoms with van der Waals surface area (Å²) in [5, 5.41) is 7.10. The molecule has 3 unspecified atom stereocenters. The van der Waals surface area contributed by atoms with Crippen molar-refractivity contribution in [1.82, 2.24) is 20.4 Å². The number of hydrogen-bond acceptors (Lipinski definition) is 3. The summed E-state index contributed by atoms with van der Waals surface area (Å²) in [7, 11) is 0. The molecule has 5 nitrogen and oxygen atoms in total. The molecule has 0 amide bonds. The number of piperidine rings is 1. The second-order valence-corrected chi connectivity index (χ2v) is 7.92. The summed E-state index contributed by atoms with van der Waals surface area (Å²) >= 11 is 0. The smallest absolute Gasteiger partial charge is 0.191 e. The van der Waals surface area contributed by atoms with Crippen LogP contribution < -0.4 is 10.6 Å². The molecule has 2 aliphatic heterocycles. The average molecular weight is 338 g/mol. The zero-order valence-electron chi connectivity index (χ0n) is 16.5. The maximum absolute atomic E-state index is 4.84. The van der Waals surface area contributed by atoms with Gasteiger partial charge in [-0.15, -0.1) is 0 Å². The van der Waals surface area contributed by atoms with Crippen LogP contribution in [0.4, 0.5) is 0 Å². The number of nitrogens with one attached hydrogen (secondary N) is 2. The van der Waals surface area contributed by atoms with Crippen LogP contribution in [0.5, 0.6) is 0 Å². The highest BCUT2D eigenvalue weighted by molar-refractivity contribution is 5.80. The highest BCUT2D eigenvalue weighted by atomic mass is 15.3. The van der Waals surface area contributed by atoms with Gasteiger partial charge in [0.2, 0.25) is 0 Å². The lowest BCUT2D eigenvalue weighted by Crippen LogP contribution is -2.47. The summed E-state index contributed by atoms with van der Waals surface area (Å²) in [5.41, 5.74) is 0. The second kappa shape index (κ2) is 9.62. The Bertz CT molecular complexity index is 395. The highest BCUT2D eigenvalue weighted by Gasteiger charge is 2.31. The van der Waals surface area contributed by atoms with Crippen molar-refractivity contribution in [1.29, 1.82) is 0 Å². The van der Waals surface area contributed by atoms with E-state index in [2.05, 4.69) is 55.1 Å². The molecule has 5 heteroatoms. The van der Waals surface area contributed by atoms with E-state index in [1.165, 1.54) is 32.4 Å². The number of hydrogen-bond donors (Lipinski definition) is 2. The molecule has 0 aromatic rings. The average Bonchev–Trinajstić information content (AvgIpc) is 2.91. The molecule has 0 aliphatic carbocycles. The van der Waals surface area contributed by atoms with Gasteiger partial charge in [-0.05, 0) is 53.0 Å². The SMILES string of the molecule is CCNC(=NCCN1CCCCC1C)NC1CN(C(C)C)CC1C. The van der Waals surface area contributed by atoms with Crippen molar-refractivity contribution in [3.8, 4) is 0 Å². The molecular weight excluding hydrogens is 298 g/mol. The summed E-state index contributed by atoms with van der Waals surface area (Å²) < 4.78 is 0. The van der Waals surface area contributed by atoms with E-state index in [1.807, 2.05) is 0 Å². The lowest BCUT2D eigenvalue weighted by atomic mass is 10.0. The number of nitrogens with zero attached hydrogens (tertiary/aromatic N) is 3. The summed E-state index contributed by atoms with van der Waals surface area (Å²) in [4.78, 5) is 9.99. The van der Waals surface area contributed by atoms with Gasteiger partial charge in [-0.1, -0.05) is 13.3 Å². The molecule has 3 atom stereocenters. The minimum absolute atomic E-state index is 0.499. The molecule has 2 heterocycles. The van der Waals surface area contributed by atoms with Crippen molar-refractivity contribution in [2.75, 3.05) is 39.3 Å². The van der Waals surface area contributed by atoms with Crippen molar-refractivity contribution in [3.05, 3.63) is 0 Å². The van der Waals surface area contributed by atoms with E-state index in [0.717, 1.165) is 38.2 Å². The molecule has 0 aromatic carbocycles. The maximum atomic E-state index is 4.84. The predicted octanol–water partition coefficient (Wildman–Crippen LogP) is 2.14. The Morgan fingerprint density at radius 2 is 2.00 bits per heavy atom. The molecule has 0 radical (unpaired) electrons. The molecule has 140 valence electrons. The molecule has 2 saturated heterocycles. The fourth-order valence-corrected chi connectivity index (χ4v) is 3.89. The highest BCUT2D eigenvalue weighted by Crippen LogP contribution is 2.18. The van der Waals surface area contributed by atoms with Crippen LogP contribution in [0.2, 0.25) is 0 Å². The lowest BCUT2D eigenvalue weighted by Gasteiger charge is -2.32. The molecular formula is C19H39N5. The molecule has 2 N–H and O–H groups in total. The Morgan fingerprint density at radius 1 is 1.21 bits per heavy atom. The van der Waals surface area contributed by atoms with E-state index in [9.17, 15) is 0 Å². The van der Waals surface area contributed by atoms with Crippen LogP contribution in [0, 0.1) is 5.92 Å². The van der Waals surface area contributed by atoms with Gasteiger partial charge in [0.25, 0.3) is 0 Å². The first kappa shape index (κ1) is 19.5. The number of rotatable bonds is 6. The van der Waals surface area contributed by atoms with E-state index in [0.29, 0.717) is 18.0 Å². The van der Waals surface area contributed by atoms with Crippen LogP contribution in [0.25, 0.3) is 0 Å². The summed E-state index contributed by atoms with van der Waals surface area (Å²) in [6.07, 6.45) is 4.07. The first-order valence-corrected chi connectivity index (χ1v) is 10.0. The van der Waals surface area contributed by atoms with Gasteiger partial charge >= 0.3 is 0 Å². The van der Waals surface area contributed by atoms with Gasteiger partial charge in [0.05, 0.1) is 6.54 Å². The van der Waals surface area contributed by atoms with E-state index in [-0.39, 0.29) is 0 Å². The van der Waals surface area contributed by atoms with E-state index in [4.69, 9.17) is 4.99 Å². The van der Waals surface area contributed by atoms with E-state index >= 15 is 0 Å². The Morgan fingerprint density at radius 3 is 2.62 bits per heavy atom.